The molecule has 7 nitrogen and oxygen atoms in total. The fourth-order valence-electron chi connectivity index (χ4n) is 1.30. The van der Waals surface area contributed by atoms with E-state index >= 15 is 0 Å². The maximum absolute atomic E-state index is 10.6. The Bertz CT molecular complexity index is 533. The first-order chi connectivity index (χ1) is 7.08. The Morgan fingerprint density at radius 3 is 2.93 bits per heavy atom. The van der Waals surface area contributed by atoms with Crippen molar-refractivity contribution in [3.63, 3.8) is 0 Å². The Morgan fingerprint density at radius 1 is 1.53 bits per heavy atom. The molecule has 78 valence electrons. The SMILES string of the molecule is Cn1ccc2c(OC(N)=O)nc(N)nc21. The molecule has 0 fully saturated rings. The Labute approximate surface area is 84.7 Å². The molecule has 4 N–H and O–H groups in total. The number of hydrogen-bond acceptors (Lipinski definition) is 5. The summed E-state index contributed by atoms with van der Waals surface area (Å²) in [5, 5.41) is 0.588. The second-order valence-corrected chi connectivity index (χ2v) is 2.97. The Hall–Kier alpha value is -2.31. The normalized spacial score (nSPS) is 10.5. The molecule has 0 bridgehead atoms. The van der Waals surface area contributed by atoms with Crippen LogP contribution >= 0.6 is 0 Å². The molecule has 0 aliphatic rings. The van der Waals surface area contributed by atoms with Crippen molar-refractivity contribution >= 4 is 23.1 Å². The van der Waals surface area contributed by atoms with E-state index in [1.165, 1.54) is 0 Å². The number of fused-ring (bicyclic) bond motifs is 1. The molecule has 0 aliphatic carbocycles. The number of carbonyl (C=O) groups excluding carboxylic acids is 1. The highest BCUT2D eigenvalue weighted by Crippen LogP contribution is 2.23. The number of primary amides is 1. The molecule has 0 aromatic carbocycles. The van der Waals surface area contributed by atoms with Gasteiger partial charge >= 0.3 is 6.09 Å². The highest BCUT2D eigenvalue weighted by atomic mass is 16.6. The lowest BCUT2D eigenvalue weighted by Crippen LogP contribution is -2.17. The highest BCUT2D eigenvalue weighted by Gasteiger charge is 2.11. The van der Waals surface area contributed by atoms with Gasteiger partial charge in [0.05, 0.1) is 5.39 Å². The maximum Gasteiger partial charge on any atom is 0.411 e. The summed E-state index contributed by atoms with van der Waals surface area (Å²) in [6, 6.07) is 1.72. The van der Waals surface area contributed by atoms with Crippen LogP contribution in [0.15, 0.2) is 12.3 Å². The van der Waals surface area contributed by atoms with Crippen molar-refractivity contribution in [1.82, 2.24) is 14.5 Å². The van der Waals surface area contributed by atoms with Gasteiger partial charge in [0, 0.05) is 13.2 Å². The number of nitrogens with two attached hydrogens (primary N) is 2. The minimum Gasteiger partial charge on any atom is -0.390 e. The number of anilines is 1. The summed E-state index contributed by atoms with van der Waals surface area (Å²) >= 11 is 0. The highest BCUT2D eigenvalue weighted by molar-refractivity contribution is 5.84. The van der Waals surface area contributed by atoms with Crippen molar-refractivity contribution in [2.75, 3.05) is 5.73 Å². The van der Waals surface area contributed by atoms with E-state index in [1.54, 1.807) is 23.9 Å². The van der Waals surface area contributed by atoms with Crippen LogP contribution in [0.1, 0.15) is 0 Å². The number of hydrogen-bond donors (Lipinski definition) is 2. The fourth-order valence-corrected chi connectivity index (χ4v) is 1.30. The molecule has 0 aliphatic heterocycles. The Morgan fingerprint density at radius 2 is 2.27 bits per heavy atom. The first-order valence-electron chi connectivity index (χ1n) is 4.14. The molecule has 2 aromatic rings. The molecule has 15 heavy (non-hydrogen) atoms. The zero-order valence-corrected chi connectivity index (χ0v) is 7.97. The van der Waals surface area contributed by atoms with Gasteiger partial charge in [-0.1, -0.05) is 0 Å². The van der Waals surface area contributed by atoms with Gasteiger partial charge in [-0.15, -0.1) is 0 Å². The molecule has 2 heterocycles. The van der Waals surface area contributed by atoms with E-state index in [4.69, 9.17) is 16.2 Å². The molecule has 1 amide bonds. The van der Waals surface area contributed by atoms with Crippen molar-refractivity contribution in [3.05, 3.63) is 12.3 Å². The molecule has 0 atom stereocenters. The second-order valence-electron chi connectivity index (χ2n) is 2.97. The third-order valence-corrected chi connectivity index (χ3v) is 1.90. The van der Waals surface area contributed by atoms with Gasteiger partial charge in [0.15, 0.2) is 0 Å². The average molecular weight is 207 g/mol. The average Bonchev–Trinajstić information content (AvgIpc) is 2.47. The van der Waals surface area contributed by atoms with Crippen molar-refractivity contribution in [2.45, 2.75) is 0 Å². The second kappa shape index (κ2) is 3.12. The first-order valence-corrected chi connectivity index (χ1v) is 4.14. The Balaban J connectivity index is 2.66. The molecule has 0 saturated heterocycles. The number of rotatable bonds is 1. The smallest absolute Gasteiger partial charge is 0.390 e. The van der Waals surface area contributed by atoms with E-state index in [1.807, 2.05) is 0 Å². The third kappa shape index (κ3) is 1.54. The van der Waals surface area contributed by atoms with E-state index in [-0.39, 0.29) is 11.8 Å². The van der Waals surface area contributed by atoms with Gasteiger partial charge in [-0.2, -0.15) is 9.97 Å². The lowest BCUT2D eigenvalue weighted by Gasteiger charge is -2.02. The van der Waals surface area contributed by atoms with Gasteiger partial charge < -0.3 is 20.8 Å². The van der Waals surface area contributed by atoms with E-state index in [0.29, 0.717) is 11.0 Å². The zero-order chi connectivity index (χ0) is 11.0. The number of carbonyl (C=O) groups is 1. The minimum atomic E-state index is -0.932. The lowest BCUT2D eigenvalue weighted by molar-refractivity contribution is 0.209. The molecule has 0 unspecified atom stereocenters. The zero-order valence-electron chi connectivity index (χ0n) is 7.97. The number of ether oxygens (including phenoxy) is 1. The summed E-state index contributed by atoms with van der Waals surface area (Å²) in [5.41, 5.74) is 10.9. The summed E-state index contributed by atoms with van der Waals surface area (Å²) in [5.74, 6) is 0.103. The standard InChI is InChI=1S/C8H9N5O2/c1-13-3-2-4-5(13)11-7(9)12-6(4)15-8(10)14/h2-3H,1H3,(H2,10,14)(H2,9,11,12). The molecular formula is C8H9N5O2. The van der Waals surface area contributed by atoms with Crippen LogP contribution < -0.4 is 16.2 Å². The van der Waals surface area contributed by atoms with Gasteiger partial charge in [0.25, 0.3) is 0 Å². The van der Waals surface area contributed by atoms with Crippen LogP contribution in [0, 0.1) is 0 Å². The van der Waals surface area contributed by atoms with Crippen molar-refractivity contribution in [1.29, 1.82) is 0 Å². The maximum atomic E-state index is 10.6. The number of aryl methyl sites for hydroxylation is 1. The summed E-state index contributed by atoms with van der Waals surface area (Å²) in [4.78, 5) is 18.4. The number of nitrogen functional groups attached to an aromatic ring is 1. The molecule has 7 heteroatoms. The molecule has 2 rings (SSSR count). The molecular weight excluding hydrogens is 198 g/mol. The predicted molar refractivity (Wildman–Crippen MR) is 53.1 cm³/mol. The minimum absolute atomic E-state index is 0.0283. The lowest BCUT2D eigenvalue weighted by atomic mass is 10.4. The first kappa shape index (κ1) is 9.25. The molecule has 2 aromatic heterocycles. The van der Waals surface area contributed by atoms with E-state index < -0.39 is 6.09 Å². The molecule has 0 radical (unpaired) electrons. The summed E-state index contributed by atoms with van der Waals surface area (Å²) in [6.45, 7) is 0. The van der Waals surface area contributed by atoms with Crippen LogP contribution in [0.5, 0.6) is 5.88 Å². The fraction of sp³-hybridized carbons (Fsp3) is 0.125. The van der Waals surface area contributed by atoms with Gasteiger partial charge in [-0.25, -0.2) is 4.79 Å². The molecule has 0 saturated carbocycles. The van der Waals surface area contributed by atoms with Gasteiger partial charge in [0.2, 0.25) is 11.8 Å². The third-order valence-electron chi connectivity index (χ3n) is 1.90. The van der Waals surface area contributed by atoms with E-state index in [0.717, 1.165) is 0 Å². The molecule has 0 spiro atoms. The monoisotopic (exact) mass is 207 g/mol. The van der Waals surface area contributed by atoms with Crippen LogP contribution in [0.4, 0.5) is 10.7 Å². The number of aromatic nitrogens is 3. The summed E-state index contributed by atoms with van der Waals surface area (Å²) in [7, 11) is 1.79. The quantitative estimate of drug-likeness (QED) is 0.684. The van der Waals surface area contributed by atoms with Gasteiger partial charge in [0.1, 0.15) is 5.65 Å². The Kier molecular flexibility index (Phi) is 1.93. The van der Waals surface area contributed by atoms with Crippen molar-refractivity contribution in [3.8, 4) is 5.88 Å². The summed E-state index contributed by atoms with van der Waals surface area (Å²) in [6.07, 6.45) is 0.824. The van der Waals surface area contributed by atoms with E-state index in [9.17, 15) is 4.79 Å². The van der Waals surface area contributed by atoms with Crippen LogP contribution in [-0.4, -0.2) is 20.6 Å². The predicted octanol–water partition coefficient (Wildman–Crippen LogP) is 0.00800. The van der Waals surface area contributed by atoms with Gasteiger partial charge in [-0.3, -0.25) is 0 Å². The van der Waals surface area contributed by atoms with Crippen LogP contribution in [0.25, 0.3) is 11.0 Å². The topological polar surface area (TPSA) is 109 Å². The number of amides is 1. The van der Waals surface area contributed by atoms with Gasteiger partial charge in [-0.05, 0) is 6.07 Å². The van der Waals surface area contributed by atoms with Crippen LogP contribution in [-0.2, 0) is 7.05 Å². The van der Waals surface area contributed by atoms with Crippen LogP contribution in [0.2, 0.25) is 0 Å². The van der Waals surface area contributed by atoms with Crippen molar-refractivity contribution in [2.24, 2.45) is 12.8 Å². The number of nitrogens with zero attached hydrogens (tertiary/aromatic N) is 3. The van der Waals surface area contributed by atoms with E-state index in [2.05, 4.69) is 9.97 Å². The van der Waals surface area contributed by atoms with Crippen LogP contribution in [0.3, 0.4) is 0 Å². The van der Waals surface area contributed by atoms with Crippen molar-refractivity contribution < 1.29 is 9.53 Å². The summed E-state index contributed by atoms with van der Waals surface area (Å²) < 4.78 is 6.45. The largest absolute Gasteiger partial charge is 0.411 e.